The van der Waals surface area contributed by atoms with Crippen molar-refractivity contribution in [2.45, 2.75) is 45.3 Å². The van der Waals surface area contributed by atoms with E-state index in [0.29, 0.717) is 6.42 Å². The van der Waals surface area contributed by atoms with Gasteiger partial charge in [-0.25, -0.2) is 0 Å². The van der Waals surface area contributed by atoms with Gasteiger partial charge in [0.25, 0.3) is 0 Å². The van der Waals surface area contributed by atoms with Crippen molar-refractivity contribution < 1.29 is 19.1 Å². The number of unbranched alkanes of at least 4 members (excludes halogenated alkanes) is 2. The molecule has 15 heavy (non-hydrogen) atoms. The molecule has 0 atom stereocenters. The molecule has 88 valence electrons. The Morgan fingerprint density at radius 1 is 1.13 bits per heavy atom. The first-order valence-corrected chi connectivity index (χ1v) is 5.25. The van der Waals surface area contributed by atoms with Crippen LogP contribution in [0.25, 0.3) is 0 Å². The Balaban J connectivity index is 3.80. The summed E-state index contributed by atoms with van der Waals surface area (Å²) in [7, 11) is 2.77. The van der Waals surface area contributed by atoms with Gasteiger partial charge in [-0.15, -0.1) is 0 Å². The van der Waals surface area contributed by atoms with Crippen molar-refractivity contribution in [3.8, 4) is 0 Å². The lowest BCUT2D eigenvalue weighted by molar-refractivity contribution is -0.157. The molecule has 4 nitrogen and oxygen atoms in total. The molecule has 0 unspecified atom stereocenters. The molecule has 0 fully saturated rings. The van der Waals surface area contributed by atoms with E-state index in [1.807, 2.05) is 0 Å². The highest BCUT2D eigenvalue weighted by Crippen LogP contribution is 2.05. The third-order valence-corrected chi connectivity index (χ3v) is 2.12. The van der Waals surface area contributed by atoms with Gasteiger partial charge >= 0.3 is 0 Å². The molecule has 0 heterocycles. The summed E-state index contributed by atoms with van der Waals surface area (Å²) in [6.07, 6.45) is 2.43. The molecule has 0 aliphatic heterocycles. The maximum absolute atomic E-state index is 11.4. The first-order valence-electron chi connectivity index (χ1n) is 5.25. The summed E-state index contributed by atoms with van der Waals surface area (Å²) in [5, 5.41) is 0. The fourth-order valence-corrected chi connectivity index (χ4v) is 1.30. The first kappa shape index (κ1) is 14.3. The largest absolute Gasteiger partial charge is 0.349 e. The fourth-order valence-electron chi connectivity index (χ4n) is 1.30. The quantitative estimate of drug-likeness (QED) is 0.334. The molecule has 0 aliphatic rings. The number of Topliss-reactive ketones (excluding diaryl/α,β-unsaturated/α-hetero) is 2. The molecule has 0 amide bonds. The van der Waals surface area contributed by atoms with Crippen LogP contribution in [-0.2, 0) is 19.1 Å². The normalized spacial score (nSPS) is 10.7. The summed E-state index contributed by atoms with van der Waals surface area (Å²) in [6, 6.07) is 0. The van der Waals surface area contributed by atoms with Gasteiger partial charge in [0.1, 0.15) is 5.78 Å². The van der Waals surface area contributed by atoms with Crippen LogP contribution in [0.15, 0.2) is 0 Å². The smallest absolute Gasteiger partial charge is 0.217 e. The second-order valence-electron chi connectivity index (χ2n) is 3.44. The van der Waals surface area contributed by atoms with E-state index in [0.717, 1.165) is 19.3 Å². The maximum atomic E-state index is 11.4. The lowest BCUT2D eigenvalue weighted by atomic mass is 10.1. The average molecular weight is 216 g/mol. The van der Waals surface area contributed by atoms with Crippen molar-refractivity contribution in [1.82, 2.24) is 0 Å². The zero-order chi connectivity index (χ0) is 11.7. The Labute approximate surface area is 90.9 Å². The topological polar surface area (TPSA) is 52.6 Å². The number of ether oxygens (including phenoxy) is 2. The van der Waals surface area contributed by atoms with Gasteiger partial charge in [0.05, 0.1) is 6.42 Å². The molecule has 0 rings (SSSR count). The second-order valence-corrected chi connectivity index (χ2v) is 3.44. The number of carbonyl (C=O) groups excluding carboxylic acids is 2. The number of hydrogen-bond acceptors (Lipinski definition) is 4. The zero-order valence-corrected chi connectivity index (χ0v) is 9.75. The third-order valence-electron chi connectivity index (χ3n) is 2.12. The molecule has 0 aromatic carbocycles. The first-order chi connectivity index (χ1) is 7.15. The van der Waals surface area contributed by atoms with E-state index in [-0.39, 0.29) is 18.0 Å². The Morgan fingerprint density at radius 2 is 1.73 bits per heavy atom. The van der Waals surface area contributed by atoms with E-state index >= 15 is 0 Å². The van der Waals surface area contributed by atoms with Crippen LogP contribution in [-0.4, -0.2) is 32.1 Å². The minimum atomic E-state index is -0.903. The highest BCUT2D eigenvalue weighted by Gasteiger charge is 2.19. The van der Waals surface area contributed by atoms with Gasteiger partial charge in [0, 0.05) is 20.6 Å². The molecule has 0 radical (unpaired) electrons. The van der Waals surface area contributed by atoms with E-state index in [1.165, 1.54) is 14.2 Å². The highest BCUT2D eigenvalue weighted by molar-refractivity contribution is 6.00. The van der Waals surface area contributed by atoms with Crippen molar-refractivity contribution in [2.24, 2.45) is 0 Å². The highest BCUT2D eigenvalue weighted by atomic mass is 16.7. The van der Waals surface area contributed by atoms with Crippen molar-refractivity contribution in [1.29, 1.82) is 0 Å². The summed E-state index contributed by atoms with van der Waals surface area (Å²) in [5.74, 6) is -0.339. The standard InChI is InChI=1S/C11H20O4/c1-4-5-6-7-9(12)8-10(13)11(14-2)15-3/h11H,4-8H2,1-3H3. The molecular formula is C11H20O4. The molecule has 0 aromatic rings. The number of methoxy groups -OCH3 is 2. The summed E-state index contributed by atoms with van der Waals surface area (Å²) in [5.41, 5.74) is 0. The molecule has 0 aliphatic carbocycles. The van der Waals surface area contributed by atoms with Crippen LogP contribution in [0.4, 0.5) is 0 Å². The second kappa shape index (κ2) is 8.56. The van der Waals surface area contributed by atoms with Crippen molar-refractivity contribution in [3.05, 3.63) is 0 Å². The molecule has 0 spiro atoms. The van der Waals surface area contributed by atoms with Crippen LogP contribution >= 0.6 is 0 Å². The van der Waals surface area contributed by atoms with Gasteiger partial charge in [0.15, 0.2) is 5.78 Å². The molecule has 0 saturated heterocycles. The van der Waals surface area contributed by atoms with E-state index in [4.69, 9.17) is 9.47 Å². The molecule has 0 bridgehead atoms. The lowest BCUT2D eigenvalue weighted by Gasteiger charge is -2.10. The van der Waals surface area contributed by atoms with Crippen LogP contribution in [0.1, 0.15) is 39.0 Å². The number of carbonyl (C=O) groups is 2. The minimum Gasteiger partial charge on any atom is -0.349 e. The molecule has 4 heteroatoms. The fraction of sp³-hybridized carbons (Fsp3) is 0.818. The molecule has 0 saturated carbocycles. The predicted octanol–water partition coefficient (Wildman–Crippen LogP) is 1.71. The Bertz CT molecular complexity index is 197. The number of rotatable bonds is 9. The van der Waals surface area contributed by atoms with E-state index in [1.54, 1.807) is 0 Å². The summed E-state index contributed by atoms with van der Waals surface area (Å²) < 4.78 is 9.53. The predicted molar refractivity (Wildman–Crippen MR) is 56.6 cm³/mol. The Hall–Kier alpha value is -0.740. The van der Waals surface area contributed by atoms with E-state index < -0.39 is 6.29 Å². The minimum absolute atomic E-state index is 0.0347. The monoisotopic (exact) mass is 216 g/mol. The average Bonchev–Trinajstić information content (AvgIpc) is 2.20. The Kier molecular flexibility index (Phi) is 8.14. The SMILES string of the molecule is CCCCCC(=O)CC(=O)C(OC)OC. The molecule has 0 aromatic heterocycles. The van der Waals surface area contributed by atoms with Gasteiger partial charge in [-0.3, -0.25) is 9.59 Å². The number of ketones is 2. The number of hydrogen-bond donors (Lipinski definition) is 0. The molecular weight excluding hydrogens is 196 g/mol. The van der Waals surface area contributed by atoms with Crippen LogP contribution < -0.4 is 0 Å². The Morgan fingerprint density at radius 3 is 2.20 bits per heavy atom. The summed E-state index contributed by atoms with van der Waals surface area (Å²) >= 11 is 0. The van der Waals surface area contributed by atoms with E-state index in [2.05, 4.69) is 6.92 Å². The summed E-state index contributed by atoms with van der Waals surface area (Å²) in [6.45, 7) is 2.07. The maximum Gasteiger partial charge on any atom is 0.217 e. The van der Waals surface area contributed by atoms with Crippen molar-refractivity contribution in [2.75, 3.05) is 14.2 Å². The van der Waals surface area contributed by atoms with Crippen LogP contribution in [0.2, 0.25) is 0 Å². The van der Waals surface area contributed by atoms with Gasteiger partial charge in [0.2, 0.25) is 6.29 Å². The van der Waals surface area contributed by atoms with Crippen LogP contribution in [0, 0.1) is 0 Å². The van der Waals surface area contributed by atoms with Gasteiger partial charge < -0.3 is 9.47 Å². The van der Waals surface area contributed by atoms with Gasteiger partial charge in [-0.05, 0) is 6.42 Å². The van der Waals surface area contributed by atoms with Gasteiger partial charge in [-0.1, -0.05) is 19.8 Å². The molecule has 0 N–H and O–H groups in total. The van der Waals surface area contributed by atoms with Gasteiger partial charge in [-0.2, -0.15) is 0 Å². The lowest BCUT2D eigenvalue weighted by Crippen LogP contribution is -2.26. The van der Waals surface area contributed by atoms with Crippen molar-refractivity contribution in [3.63, 3.8) is 0 Å². The summed E-state index contributed by atoms with van der Waals surface area (Å²) in [4.78, 5) is 22.7. The van der Waals surface area contributed by atoms with E-state index in [9.17, 15) is 9.59 Å². The van der Waals surface area contributed by atoms with Crippen molar-refractivity contribution >= 4 is 11.6 Å². The van der Waals surface area contributed by atoms with Crippen LogP contribution in [0.3, 0.4) is 0 Å². The van der Waals surface area contributed by atoms with Crippen LogP contribution in [0.5, 0.6) is 0 Å². The zero-order valence-electron chi connectivity index (χ0n) is 9.75. The third kappa shape index (κ3) is 6.36.